The van der Waals surface area contributed by atoms with Crippen LogP contribution in [-0.4, -0.2) is 33.4 Å². The van der Waals surface area contributed by atoms with Crippen LogP contribution in [0.5, 0.6) is 0 Å². The van der Waals surface area contributed by atoms with Gasteiger partial charge in [-0.25, -0.2) is 4.68 Å². The molecule has 0 aliphatic rings. The van der Waals surface area contributed by atoms with Crippen molar-refractivity contribution in [2.45, 2.75) is 32.7 Å². The van der Waals surface area contributed by atoms with E-state index in [9.17, 15) is 35.9 Å². The molecule has 0 aliphatic carbocycles. The summed E-state index contributed by atoms with van der Waals surface area (Å²) in [4.78, 5) is 26.7. The maximum absolute atomic E-state index is 13.1. The molecule has 0 unspecified atom stereocenters. The number of alkyl halides is 6. The third-order valence-corrected chi connectivity index (χ3v) is 5.18. The fourth-order valence-corrected chi connectivity index (χ4v) is 3.46. The van der Waals surface area contributed by atoms with Gasteiger partial charge in [-0.1, -0.05) is 18.2 Å². The van der Waals surface area contributed by atoms with Crippen LogP contribution in [0.15, 0.2) is 48.5 Å². The number of hydrogen-bond acceptors (Lipinski definition) is 3. The van der Waals surface area contributed by atoms with Crippen molar-refractivity contribution in [3.05, 3.63) is 82.2 Å². The van der Waals surface area contributed by atoms with Gasteiger partial charge in [0.25, 0.3) is 11.7 Å². The molecule has 3 aromatic rings. The number of halogens is 6. The smallest absolute Gasteiger partial charge is 0.335 e. The molecule has 0 spiro atoms. The lowest BCUT2D eigenvalue weighted by atomic mass is 10.1. The van der Waals surface area contributed by atoms with Gasteiger partial charge in [0.05, 0.1) is 33.8 Å². The molecule has 34 heavy (non-hydrogen) atoms. The van der Waals surface area contributed by atoms with Crippen LogP contribution in [0.25, 0.3) is 5.69 Å². The minimum atomic E-state index is -4.57. The number of nitrogens with zero attached hydrogens (tertiary/aromatic N) is 3. The van der Waals surface area contributed by atoms with Crippen molar-refractivity contribution in [1.29, 1.82) is 0 Å². The monoisotopic (exact) mass is 483 g/mol. The fraction of sp³-hybridized carbons (Fsp3) is 0.261. The summed E-state index contributed by atoms with van der Waals surface area (Å²) in [6.07, 6.45) is -9.06. The van der Waals surface area contributed by atoms with Crippen molar-refractivity contribution in [3.8, 4) is 5.69 Å². The number of likely N-dealkylation sites (N-methyl/N-ethyl adjacent to an activating group) is 1. The van der Waals surface area contributed by atoms with Crippen LogP contribution in [0.3, 0.4) is 0 Å². The first-order valence-electron chi connectivity index (χ1n) is 9.90. The normalized spacial score (nSPS) is 12.0. The van der Waals surface area contributed by atoms with Gasteiger partial charge in [-0.2, -0.15) is 31.4 Å². The van der Waals surface area contributed by atoms with Gasteiger partial charge >= 0.3 is 12.4 Å². The molecule has 1 aromatic heterocycles. The zero-order valence-electron chi connectivity index (χ0n) is 18.3. The highest BCUT2D eigenvalue weighted by Crippen LogP contribution is 2.31. The van der Waals surface area contributed by atoms with E-state index in [2.05, 4.69) is 5.10 Å². The predicted molar refractivity (Wildman–Crippen MR) is 110 cm³/mol. The van der Waals surface area contributed by atoms with E-state index in [1.807, 2.05) is 0 Å². The molecule has 11 heteroatoms. The van der Waals surface area contributed by atoms with Gasteiger partial charge < -0.3 is 4.90 Å². The lowest BCUT2D eigenvalue weighted by Gasteiger charge is -2.17. The Morgan fingerprint density at radius 1 is 0.912 bits per heavy atom. The molecule has 0 fully saturated rings. The Kier molecular flexibility index (Phi) is 6.59. The molecule has 0 radical (unpaired) electrons. The van der Waals surface area contributed by atoms with Crippen LogP contribution in [0, 0.1) is 13.8 Å². The summed E-state index contributed by atoms with van der Waals surface area (Å²) in [7, 11) is 1.32. The van der Waals surface area contributed by atoms with Gasteiger partial charge in [0, 0.05) is 13.6 Å². The van der Waals surface area contributed by atoms with Crippen molar-refractivity contribution in [1.82, 2.24) is 14.7 Å². The van der Waals surface area contributed by atoms with E-state index < -0.39 is 35.2 Å². The Bertz CT molecular complexity index is 1230. The molecule has 0 saturated carbocycles. The van der Waals surface area contributed by atoms with Crippen LogP contribution < -0.4 is 0 Å². The van der Waals surface area contributed by atoms with Crippen molar-refractivity contribution in [2.24, 2.45) is 0 Å². The van der Waals surface area contributed by atoms with Crippen LogP contribution in [0.4, 0.5) is 26.3 Å². The third-order valence-electron chi connectivity index (χ3n) is 5.18. The molecule has 0 aliphatic heterocycles. The largest absolute Gasteiger partial charge is 0.416 e. The molecule has 1 amide bonds. The molecule has 3 rings (SSSR count). The number of carbonyl (C=O) groups excluding carboxylic acids is 2. The Balaban J connectivity index is 1.83. The number of carbonyl (C=O) groups is 2. The second-order valence-electron chi connectivity index (χ2n) is 7.69. The van der Waals surface area contributed by atoms with E-state index in [0.717, 1.165) is 33.8 Å². The summed E-state index contributed by atoms with van der Waals surface area (Å²) in [5.41, 5.74) is -1.01. The van der Waals surface area contributed by atoms with E-state index in [0.29, 0.717) is 5.56 Å². The first-order valence-corrected chi connectivity index (χ1v) is 9.90. The minimum Gasteiger partial charge on any atom is -0.335 e. The van der Waals surface area contributed by atoms with Crippen LogP contribution in [-0.2, 0) is 23.7 Å². The highest BCUT2D eigenvalue weighted by Gasteiger charge is 2.32. The highest BCUT2D eigenvalue weighted by molar-refractivity contribution is 6.43. The van der Waals surface area contributed by atoms with E-state index in [1.54, 1.807) is 0 Å². The first kappa shape index (κ1) is 25.0. The maximum Gasteiger partial charge on any atom is 0.416 e. The van der Waals surface area contributed by atoms with Crippen LogP contribution in [0.1, 0.15) is 38.4 Å². The Labute approximate surface area is 190 Å². The Morgan fingerprint density at radius 2 is 1.50 bits per heavy atom. The second-order valence-corrected chi connectivity index (χ2v) is 7.69. The van der Waals surface area contributed by atoms with Gasteiger partial charge in [-0.05, 0) is 49.7 Å². The number of hydrogen-bond donors (Lipinski definition) is 0. The summed E-state index contributed by atoms with van der Waals surface area (Å²) in [5.74, 6) is -1.86. The number of amides is 1. The van der Waals surface area contributed by atoms with E-state index in [-0.39, 0.29) is 29.2 Å². The van der Waals surface area contributed by atoms with Gasteiger partial charge in [0.15, 0.2) is 0 Å². The topological polar surface area (TPSA) is 55.2 Å². The molecular weight excluding hydrogens is 464 g/mol. The predicted octanol–water partition coefficient (Wildman–Crippen LogP) is 5.37. The third kappa shape index (κ3) is 5.13. The van der Waals surface area contributed by atoms with E-state index >= 15 is 0 Å². The van der Waals surface area contributed by atoms with Crippen LogP contribution in [0.2, 0.25) is 0 Å². The minimum absolute atomic E-state index is 0.0540. The zero-order chi connectivity index (χ0) is 25.4. The average molecular weight is 483 g/mol. The Morgan fingerprint density at radius 3 is 2.06 bits per heavy atom. The summed E-state index contributed by atoms with van der Waals surface area (Å²) in [6.45, 7) is 2.78. The Hall–Kier alpha value is -3.63. The van der Waals surface area contributed by atoms with Gasteiger partial charge in [0.1, 0.15) is 0 Å². The van der Waals surface area contributed by atoms with Gasteiger partial charge in [0.2, 0.25) is 0 Å². The number of aryl methyl sites for hydroxylation is 1. The van der Waals surface area contributed by atoms with Gasteiger partial charge in [-0.15, -0.1) is 0 Å². The van der Waals surface area contributed by atoms with Crippen molar-refractivity contribution in [3.63, 3.8) is 0 Å². The maximum atomic E-state index is 13.1. The lowest BCUT2D eigenvalue weighted by molar-refractivity contribution is -0.138. The molecule has 180 valence electrons. The zero-order valence-corrected chi connectivity index (χ0v) is 18.3. The average Bonchev–Trinajstić information content (AvgIpc) is 3.05. The summed E-state index contributed by atoms with van der Waals surface area (Å²) >= 11 is 0. The lowest BCUT2D eigenvalue weighted by Crippen LogP contribution is -2.33. The molecule has 0 atom stereocenters. The van der Waals surface area contributed by atoms with Crippen molar-refractivity contribution in [2.75, 3.05) is 7.05 Å². The summed E-state index contributed by atoms with van der Waals surface area (Å²) in [5, 5.41) is 4.13. The van der Waals surface area contributed by atoms with E-state index in [1.165, 1.54) is 45.2 Å². The molecule has 0 saturated heterocycles. The number of aromatic nitrogens is 2. The number of Topliss-reactive ketones (excluding diaryl/α,β-unsaturated/α-hetero) is 1. The fourth-order valence-electron chi connectivity index (χ4n) is 3.46. The molecule has 1 heterocycles. The van der Waals surface area contributed by atoms with Crippen molar-refractivity contribution < 1.29 is 35.9 Å². The first-order chi connectivity index (χ1) is 15.7. The molecule has 0 N–H and O–H groups in total. The van der Waals surface area contributed by atoms with E-state index in [4.69, 9.17) is 0 Å². The van der Waals surface area contributed by atoms with Gasteiger partial charge in [-0.3, -0.25) is 9.59 Å². The van der Waals surface area contributed by atoms with Crippen LogP contribution >= 0.6 is 0 Å². The number of rotatable bonds is 5. The molecule has 0 bridgehead atoms. The number of benzene rings is 2. The SMILES string of the molecule is Cc1nn(-c2cccc(C(F)(F)F)c2)c(C)c1C(=O)C(=O)N(C)Cc1ccc(C(F)(F)F)cc1. The standard InChI is InChI=1S/C23H19F6N3O2/c1-13-19(14(2)32(30-13)18-6-4-5-17(11-18)23(27,28)29)20(33)21(34)31(3)12-15-7-9-16(10-8-15)22(24,25)26/h4-11H,12H2,1-3H3. The number of ketones is 1. The summed E-state index contributed by atoms with van der Waals surface area (Å²) < 4.78 is 78.5. The quantitative estimate of drug-likeness (QED) is 0.279. The van der Waals surface area contributed by atoms with Crippen molar-refractivity contribution >= 4 is 11.7 Å². The molecule has 2 aromatic carbocycles. The summed E-state index contributed by atoms with van der Waals surface area (Å²) in [6, 6.07) is 8.55. The highest BCUT2D eigenvalue weighted by atomic mass is 19.4. The molecular formula is C23H19F6N3O2. The molecule has 5 nitrogen and oxygen atoms in total. The second kappa shape index (κ2) is 8.96.